The second kappa shape index (κ2) is 7.55. The molecule has 0 spiro atoms. The van der Waals surface area contributed by atoms with E-state index in [2.05, 4.69) is 13.2 Å². The molecule has 0 heterocycles. The SMILES string of the molecule is C=CCCCC(CO)CC=C. The lowest BCUT2D eigenvalue weighted by Gasteiger charge is -2.09. The van der Waals surface area contributed by atoms with Gasteiger partial charge in [0.05, 0.1) is 0 Å². The molecule has 1 atom stereocenters. The highest BCUT2D eigenvalue weighted by Crippen LogP contribution is 2.12. The molecule has 0 rings (SSSR count). The molecule has 0 amide bonds. The van der Waals surface area contributed by atoms with Crippen LogP contribution in [0.5, 0.6) is 0 Å². The minimum Gasteiger partial charge on any atom is -0.396 e. The van der Waals surface area contributed by atoms with Gasteiger partial charge in [0.25, 0.3) is 0 Å². The minimum absolute atomic E-state index is 0.281. The standard InChI is InChI=1S/C10H18O/c1-3-5-6-8-10(9-11)7-4-2/h3-4,10-11H,1-2,5-9H2. The summed E-state index contributed by atoms with van der Waals surface area (Å²) in [4.78, 5) is 0. The molecule has 1 N–H and O–H groups in total. The predicted octanol–water partition coefficient (Wildman–Crippen LogP) is 2.53. The Morgan fingerprint density at radius 3 is 2.45 bits per heavy atom. The van der Waals surface area contributed by atoms with Gasteiger partial charge in [0.2, 0.25) is 0 Å². The van der Waals surface area contributed by atoms with E-state index >= 15 is 0 Å². The first kappa shape index (κ1) is 10.4. The summed E-state index contributed by atoms with van der Waals surface area (Å²) in [7, 11) is 0. The van der Waals surface area contributed by atoms with E-state index in [0.717, 1.165) is 25.7 Å². The summed E-state index contributed by atoms with van der Waals surface area (Å²) in [5, 5.41) is 8.88. The average Bonchev–Trinajstić information content (AvgIpc) is 2.03. The molecule has 0 aliphatic heterocycles. The van der Waals surface area contributed by atoms with E-state index in [4.69, 9.17) is 5.11 Å². The van der Waals surface area contributed by atoms with Crippen LogP contribution < -0.4 is 0 Å². The maximum Gasteiger partial charge on any atom is 0.0462 e. The molecule has 0 aliphatic carbocycles. The Labute approximate surface area is 69.4 Å². The predicted molar refractivity (Wildman–Crippen MR) is 49.4 cm³/mol. The van der Waals surface area contributed by atoms with Gasteiger partial charge in [-0.3, -0.25) is 0 Å². The van der Waals surface area contributed by atoms with Gasteiger partial charge in [0.15, 0.2) is 0 Å². The van der Waals surface area contributed by atoms with Crippen molar-refractivity contribution in [2.45, 2.75) is 25.7 Å². The fraction of sp³-hybridized carbons (Fsp3) is 0.600. The van der Waals surface area contributed by atoms with Crippen LogP contribution in [-0.2, 0) is 0 Å². The largest absolute Gasteiger partial charge is 0.396 e. The van der Waals surface area contributed by atoms with E-state index in [1.807, 2.05) is 12.2 Å². The number of hydrogen-bond acceptors (Lipinski definition) is 1. The number of allylic oxidation sites excluding steroid dienone is 2. The van der Waals surface area contributed by atoms with Crippen LogP contribution in [0.1, 0.15) is 25.7 Å². The van der Waals surface area contributed by atoms with Gasteiger partial charge in [-0.1, -0.05) is 12.2 Å². The molecule has 0 aliphatic rings. The zero-order chi connectivity index (χ0) is 8.53. The number of hydrogen-bond donors (Lipinski definition) is 1. The molecule has 0 bridgehead atoms. The maximum absolute atomic E-state index is 8.88. The molecule has 1 heteroatoms. The Morgan fingerprint density at radius 1 is 1.27 bits per heavy atom. The van der Waals surface area contributed by atoms with Crippen LogP contribution in [0.25, 0.3) is 0 Å². The molecule has 0 saturated heterocycles. The summed E-state index contributed by atoms with van der Waals surface area (Å²) in [6.45, 7) is 7.57. The molecule has 0 saturated carbocycles. The number of aliphatic hydroxyl groups excluding tert-OH is 1. The summed E-state index contributed by atoms with van der Waals surface area (Å²) >= 11 is 0. The Hall–Kier alpha value is -0.560. The zero-order valence-corrected chi connectivity index (χ0v) is 7.13. The van der Waals surface area contributed by atoms with Crippen molar-refractivity contribution in [3.05, 3.63) is 25.3 Å². The van der Waals surface area contributed by atoms with Crippen molar-refractivity contribution >= 4 is 0 Å². The quantitative estimate of drug-likeness (QED) is 0.441. The van der Waals surface area contributed by atoms with Gasteiger partial charge < -0.3 is 5.11 Å². The van der Waals surface area contributed by atoms with Gasteiger partial charge >= 0.3 is 0 Å². The van der Waals surface area contributed by atoms with Crippen LogP contribution in [-0.4, -0.2) is 11.7 Å². The van der Waals surface area contributed by atoms with Crippen LogP contribution in [0.3, 0.4) is 0 Å². The van der Waals surface area contributed by atoms with Crippen LogP contribution >= 0.6 is 0 Å². The van der Waals surface area contributed by atoms with Crippen LogP contribution in [0.15, 0.2) is 25.3 Å². The number of aliphatic hydroxyl groups is 1. The molecular formula is C10H18O. The highest BCUT2D eigenvalue weighted by molar-refractivity contribution is 4.74. The third-order valence-corrected chi connectivity index (χ3v) is 1.78. The van der Waals surface area contributed by atoms with Crippen molar-refractivity contribution in [3.8, 4) is 0 Å². The Bertz CT molecular complexity index is 107. The summed E-state index contributed by atoms with van der Waals surface area (Å²) in [6.07, 6.45) is 7.97. The van der Waals surface area contributed by atoms with E-state index in [0.29, 0.717) is 5.92 Å². The van der Waals surface area contributed by atoms with E-state index in [-0.39, 0.29) is 6.61 Å². The maximum atomic E-state index is 8.88. The summed E-state index contributed by atoms with van der Waals surface area (Å²) in [6, 6.07) is 0. The van der Waals surface area contributed by atoms with Crippen molar-refractivity contribution in [2.75, 3.05) is 6.61 Å². The fourth-order valence-corrected chi connectivity index (χ4v) is 1.07. The van der Waals surface area contributed by atoms with Crippen molar-refractivity contribution in [2.24, 2.45) is 5.92 Å². The Balaban J connectivity index is 3.34. The second-order valence-corrected chi connectivity index (χ2v) is 2.79. The topological polar surface area (TPSA) is 20.2 Å². The van der Waals surface area contributed by atoms with Crippen molar-refractivity contribution in [3.63, 3.8) is 0 Å². The van der Waals surface area contributed by atoms with E-state index < -0.39 is 0 Å². The van der Waals surface area contributed by atoms with Gasteiger partial charge in [-0.05, 0) is 31.6 Å². The Kier molecular flexibility index (Phi) is 7.16. The summed E-state index contributed by atoms with van der Waals surface area (Å²) < 4.78 is 0. The van der Waals surface area contributed by atoms with E-state index in [1.54, 1.807) is 0 Å². The first-order chi connectivity index (χ1) is 5.35. The second-order valence-electron chi connectivity index (χ2n) is 2.79. The molecule has 1 nitrogen and oxygen atoms in total. The lowest BCUT2D eigenvalue weighted by molar-refractivity contribution is 0.218. The molecule has 64 valence electrons. The third-order valence-electron chi connectivity index (χ3n) is 1.78. The van der Waals surface area contributed by atoms with Crippen molar-refractivity contribution < 1.29 is 5.11 Å². The molecule has 0 radical (unpaired) electrons. The fourth-order valence-electron chi connectivity index (χ4n) is 1.07. The monoisotopic (exact) mass is 154 g/mol. The average molecular weight is 154 g/mol. The zero-order valence-electron chi connectivity index (χ0n) is 7.13. The van der Waals surface area contributed by atoms with Gasteiger partial charge in [-0.15, -0.1) is 13.2 Å². The van der Waals surface area contributed by atoms with Gasteiger partial charge in [-0.25, -0.2) is 0 Å². The molecule has 0 aromatic rings. The normalized spacial score (nSPS) is 12.5. The van der Waals surface area contributed by atoms with E-state index in [9.17, 15) is 0 Å². The first-order valence-corrected chi connectivity index (χ1v) is 4.17. The lowest BCUT2D eigenvalue weighted by atomic mass is 9.99. The minimum atomic E-state index is 0.281. The van der Waals surface area contributed by atoms with Gasteiger partial charge in [0.1, 0.15) is 0 Å². The molecule has 0 aromatic carbocycles. The van der Waals surface area contributed by atoms with Crippen molar-refractivity contribution in [1.29, 1.82) is 0 Å². The molecule has 0 aromatic heterocycles. The van der Waals surface area contributed by atoms with E-state index in [1.165, 1.54) is 0 Å². The van der Waals surface area contributed by atoms with Crippen LogP contribution in [0, 0.1) is 5.92 Å². The Morgan fingerprint density at radius 2 is 2.00 bits per heavy atom. The van der Waals surface area contributed by atoms with Crippen LogP contribution in [0.4, 0.5) is 0 Å². The smallest absolute Gasteiger partial charge is 0.0462 e. The van der Waals surface area contributed by atoms with Crippen molar-refractivity contribution in [1.82, 2.24) is 0 Å². The highest BCUT2D eigenvalue weighted by Gasteiger charge is 2.03. The molecular weight excluding hydrogens is 136 g/mol. The van der Waals surface area contributed by atoms with Gasteiger partial charge in [-0.2, -0.15) is 0 Å². The first-order valence-electron chi connectivity index (χ1n) is 4.17. The molecule has 1 unspecified atom stereocenters. The summed E-state index contributed by atoms with van der Waals surface area (Å²) in [5.74, 6) is 0.410. The van der Waals surface area contributed by atoms with Gasteiger partial charge in [0, 0.05) is 6.61 Å². The molecule has 0 fully saturated rings. The number of rotatable bonds is 7. The highest BCUT2D eigenvalue weighted by atomic mass is 16.3. The lowest BCUT2D eigenvalue weighted by Crippen LogP contribution is -2.04. The number of unbranched alkanes of at least 4 members (excludes halogenated alkanes) is 1. The third kappa shape index (κ3) is 5.86. The molecule has 11 heavy (non-hydrogen) atoms. The van der Waals surface area contributed by atoms with Crippen LogP contribution in [0.2, 0.25) is 0 Å². The summed E-state index contributed by atoms with van der Waals surface area (Å²) in [5.41, 5.74) is 0.